The van der Waals surface area contributed by atoms with Crippen molar-refractivity contribution in [3.63, 3.8) is 0 Å². The number of H-pyrrole nitrogens is 1. The van der Waals surface area contributed by atoms with Crippen LogP contribution in [0.4, 0.5) is 0 Å². The number of hydrazone groups is 1. The van der Waals surface area contributed by atoms with Crippen LogP contribution in [-0.4, -0.2) is 21.6 Å². The number of pyridine rings is 1. The van der Waals surface area contributed by atoms with E-state index in [1.807, 2.05) is 78.9 Å². The fourth-order valence-electron chi connectivity index (χ4n) is 4.74. The molecule has 0 saturated heterocycles. The van der Waals surface area contributed by atoms with Crippen LogP contribution in [-0.2, 0) is 0 Å². The smallest absolute Gasteiger partial charge is 0.310 e. The van der Waals surface area contributed by atoms with Gasteiger partial charge in [-0.15, -0.1) is 0 Å². The van der Waals surface area contributed by atoms with E-state index in [2.05, 4.69) is 20.9 Å². The Morgan fingerprint density at radius 1 is 0.944 bits per heavy atom. The molecule has 0 saturated carbocycles. The lowest BCUT2D eigenvalue weighted by atomic mass is 9.91. The predicted octanol–water partition coefficient (Wildman–Crippen LogP) is 6.54. The molecule has 1 atom stereocenters. The Bertz CT molecular complexity index is 1660. The zero-order valence-electron chi connectivity index (χ0n) is 19.0. The van der Waals surface area contributed by atoms with Gasteiger partial charge in [-0.05, 0) is 41.5 Å². The summed E-state index contributed by atoms with van der Waals surface area (Å²) in [7, 11) is 0. The summed E-state index contributed by atoms with van der Waals surface area (Å²) in [6.45, 7) is 0. The first-order valence-corrected chi connectivity index (χ1v) is 12.3. The van der Waals surface area contributed by atoms with Gasteiger partial charge in [0.1, 0.15) is 0 Å². The molecular formula is C29H20BrN3O3. The second-order valence-corrected chi connectivity index (χ2v) is 9.48. The third-order valence-electron chi connectivity index (χ3n) is 6.36. The second-order valence-electron chi connectivity index (χ2n) is 8.56. The normalized spacial score (nSPS) is 15.3. The Morgan fingerprint density at radius 3 is 2.42 bits per heavy atom. The molecule has 6 rings (SSSR count). The van der Waals surface area contributed by atoms with E-state index in [1.54, 1.807) is 12.1 Å². The van der Waals surface area contributed by atoms with E-state index in [0.717, 1.165) is 32.1 Å². The quantitative estimate of drug-likeness (QED) is 0.282. The molecule has 1 amide bonds. The van der Waals surface area contributed by atoms with Crippen molar-refractivity contribution in [1.29, 1.82) is 0 Å². The van der Waals surface area contributed by atoms with E-state index < -0.39 is 0 Å². The van der Waals surface area contributed by atoms with Crippen LogP contribution in [0, 0.1) is 0 Å². The first-order chi connectivity index (χ1) is 17.6. The number of halogens is 1. The van der Waals surface area contributed by atoms with Crippen LogP contribution in [0.5, 0.6) is 0 Å². The number of furan rings is 1. The Hall–Kier alpha value is -4.23. The molecule has 36 heavy (non-hydrogen) atoms. The van der Waals surface area contributed by atoms with E-state index in [1.165, 1.54) is 11.3 Å². The number of aromatic nitrogens is 1. The van der Waals surface area contributed by atoms with E-state index in [4.69, 9.17) is 9.52 Å². The molecule has 3 heterocycles. The lowest BCUT2D eigenvalue weighted by molar-refractivity contribution is 0.0678. The number of hydrogen-bond acceptors (Lipinski definition) is 4. The summed E-state index contributed by atoms with van der Waals surface area (Å²) >= 11 is 3.57. The van der Waals surface area contributed by atoms with Crippen molar-refractivity contribution in [2.75, 3.05) is 0 Å². The molecule has 0 aliphatic carbocycles. The summed E-state index contributed by atoms with van der Waals surface area (Å²) < 4.78 is 6.29. The van der Waals surface area contributed by atoms with Gasteiger partial charge in [0.25, 0.3) is 5.56 Å². The van der Waals surface area contributed by atoms with Crippen molar-refractivity contribution < 1.29 is 9.21 Å². The standard InChI is InChI=1S/C29H20BrN3O3/c30-20-13-14-22-21(16-20)26(19-10-5-2-6-11-19)27(28(34)31-22)23-17-24(18-8-3-1-4-9-18)33(32-23)29(35)25-12-7-15-36-25/h1-16,24H,17H2,(H,31,34)/t24-/m0/s1. The molecule has 0 spiro atoms. The highest BCUT2D eigenvalue weighted by molar-refractivity contribution is 9.10. The maximum atomic E-state index is 13.6. The van der Waals surface area contributed by atoms with Gasteiger partial charge < -0.3 is 9.40 Å². The Kier molecular flexibility index (Phi) is 5.62. The van der Waals surface area contributed by atoms with E-state index in [9.17, 15) is 9.59 Å². The first-order valence-electron chi connectivity index (χ1n) is 11.5. The second kappa shape index (κ2) is 9.09. The van der Waals surface area contributed by atoms with Gasteiger partial charge in [0.05, 0.1) is 23.6 Å². The van der Waals surface area contributed by atoms with Gasteiger partial charge >= 0.3 is 5.91 Å². The molecule has 0 fully saturated rings. The molecule has 176 valence electrons. The van der Waals surface area contributed by atoms with Crippen LogP contribution in [0.25, 0.3) is 22.0 Å². The van der Waals surface area contributed by atoms with E-state index in [-0.39, 0.29) is 23.3 Å². The van der Waals surface area contributed by atoms with Crippen LogP contribution in [0.1, 0.15) is 34.1 Å². The monoisotopic (exact) mass is 537 g/mol. The highest BCUT2D eigenvalue weighted by Crippen LogP contribution is 2.38. The van der Waals surface area contributed by atoms with Gasteiger partial charge in [0.15, 0.2) is 5.76 Å². The Morgan fingerprint density at radius 2 is 1.69 bits per heavy atom. The van der Waals surface area contributed by atoms with Crippen molar-refractivity contribution in [2.24, 2.45) is 5.10 Å². The summed E-state index contributed by atoms with van der Waals surface area (Å²) in [5.74, 6) is -0.161. The number of rotatable bonds is 4. The summed E-state index contributed by atoms with van der Waals surface area (Å²) in [6.07, 6.45) is 1.85. The van der Waals surface area contributed by atoms with Gasteiger partial charge in [-0.2, -0.15) is 5.10 Å². The average molecular weight is 538 g/mol. The number of benzene rings is 3. The number of hydrogen-bond donors (Lipinski definition) is 1. The number of nitrogens with one attached hydrogen (secondary N) is 1. The maximum Gasteiger partial charge on any atom is 0.310 e. The zero-order valence-corrected chi connectivity index (χ0v) is 20.6. The molecule has 0 unspecified atom stereocenters. The first kappa shape index (κ1) is 22.2. The van der Waals surface area contributed by atoms with Crippen molar-refractivity contribution in [2.45, 2.75) is 12.5 Å². The fourth-order valence-corrected chi connectivity index (χ4v) is 5.10. The molecular weight excluding hydrogens is 518 g/mol. The highest BCUT2D eigenvalue weighted by atomic mass is 79.9. The third kappa shape index (κ3) is 3.87. The number of carbonyl (C=O) groups excluding carboxylic acids is 1. The van der Waals surface area contributed by atoms with Crippen LogP contribution in [0.3, 0.4) is 0 Å². The Labute approximate surface area is 215 Å². The zero-order chi connectivity index (χ0) is 24.6. The largest absolute Gasteiger partial charge is 0.459 e. The summed E-state index contributed by atoms with van der Waals surface area (Å²) in [4.78, 5) is 30.0. The van der Waals surface area contributed by atoms with Crippen molar-refractivity contribution in [1.82, 2.24) is 9.99 Å². The van der Waals surface area contributed by atoms with E-state index >= 15 is 0 Å². The molecule has 6 nitrogen and oxygen atoms in total. The number of aromatic amines is 1. The van der Waals surface area contributed by atoms with Crippen LogP contribution < -0.4 is 5.56 Å². The Balaban J connectivity index is 1.58. The predicted molar refractivity (Wildman–Crippen MR) is 143 cm³/mol. The van der Waals surface area contributed by atoms with Crippen LogP contribution >= 0.6 is 15.9 Å². The summed E-state index contributed by atoms with van der Waals surface area (Å²) in [5, 5.41) is 7.08. The minimum Gasteiger partial charge on any atom is -0.459 e. The lowest BCUT2D eigenvalue weighted by Crippen LogP contribution is -2.26. The topological polar surface area (TPSA) is 78.7 Å². The lowest BCUT2D eigenvalue weighted by Gasteiger charge is -2.21. The molecule has 0 radical (unpaired) electrons. The van der Waals surface area contributed by atoms with Crippen molar-refractivity contribution in [3.8, 4) is 11.1 Å². The maximum absolute atomic E-state index is 13.6. The molecule has 1 N–H and O–H groups in total. The molecule has 2 aromatic heterocycles. The van der Waals surface area contributed by atoms with Crippen LogP contribution in [0.2, 0.25) is 0 Å². The average Bonchev–Trinajstić information content (AvgIpc) is 3.60. The molecule has 5 aromatic rings. The molecule has 0 bridgehead atoms. The minimum absolute atomic E-state index is 0.195. The number of amides is 1. The molecule has 1 aliphatic heterocycles. The SMILES string of the molecule is O=C(c1ccco1)N1N=C(c2c(-c3ccccc3)c3cc(Br)ccc3[nH]c2=O)C[C@H]1c1ccccc1. The van der Waals surface area contributed by atoms with Gasteiger partial charge in [-0.25, -0.2) is 5.01 Å². The highest BCUT2D eigenvalue weighted by Gasteiger charge is 2.36. The van der Waals surface area contributed by atoms with Gasteiger partial charge in [0.2, 0.25) is 0 Å². The molecule has 1 aliphatic rings. The fraction of sp³-hybridized carbons (Fsp3) is 0.0690. The third-order valence-corrected chi connectivity index (χ3v) is 6.86. The number of fused-ring (bicyclic) bond motifs is 1. The van der Waals surface area contributed by atoms with Gasteiger partial charge in [-0.3, -0.25) is 9.59 Å². The van der Waals surface area contributed by atoms with E-state index in [0.29, 0.717) is 17.7 Å². The molecule has 7 heteroatoms. The summed E-state index contributed by atoms with van der Waals surface area (Å²) in [5.41, 5.74) is 4.10. The van der Waals surface area contributed by atoms with Gasteiger partial charge in [0, 0.05) is 27.4 Å². The summed E-state index contributed by atoms with van der Waals surface area (Å²) in [6, 6.07) is 28.2. The van der Waals surface area contributed by atoms with Gasteiger partial charge in [-0.1, -0.05) is 76.6 Å². The minimum atomic E-state index is -0.375. The number of nitrogens with zero attached hydrogens (tertiary/aromatic N) is 2. The van der Waals surface area contributed by atoms with Crippen molar-refractivity contribution >= 4 is 38.5 Å². The van der Waals surface area contributed by atoms with Crippen molar-refractivity contribution in [3.05, 3.63) is 129 Å². The van der Waals surface area contributed by atoms with Crippen LogP contribution in [0.15, 0.2) is 116 Å². The number of carbonyl (C=O) groups is 1. The molecule has 3 aromatic carbocycles.